The molecular weight excluding hydrogens is 340 g/mol. The quantitative estimate of drug-likeness (QED) is 0.587. The van der Waals surface area contributed by atoms with Crippen molar-refractivity contribution in [1.29, 1.82) is 0 Å². The number of nitrogens with zero attached hydrogens (tertiary/aromatic N) is 2. The van der Waals surface area contributed by atoms with Crippen molar-refractivity contribution in [3.8, 4) is 11.3 Å². The Bertz CT molecular complexity index is 1130. The molecular formula is C21H16N4O2. The Kier molecular flexibility index (Phi) is 4.14. The Morgan fingerprint density at radius 1 is 0.926 bits per heavy atom. The largest absolute Gasteiger partial charge is 0.366 e. The van der Waals surface area contributed by atoms with Gasteiger partial charge in [0.2, 0.25) is 5.91 Å². The lowest BCUT2D eigenvalue weighted by molar-refractivity contribution is 0.0998. The first-order valence-corrected chi connectivity index (χ1v) is 8.35. The molecule has 4 rings (SSSR count). The van der Waals surface area contributed by atoms with E-state index in [1.54, 1.807) is 42.6 Å². The smallest absolute Gasteiger partial charge is 0.255 e. The molecule has 0 aliphatic carbocycles. The van der Waals surface area contributed by atoms with E-state index in [2.05, 4.69) is 10.3 Å². The standard InChI is InChI=1S/C21H16N4O2/c22-20(26)15-6-8-17(9-7-15)23-21(27)16-10-11-25-13-18(24-19(25)12-16)14-4-2-1-3-5-14/h1-13H,(H2,22,26)(H,23,27). The molecule has 6 heteroatoms. The number of imidazole rings is 1. The molecule has 0 aliphatic heterocycles. The van der Waals surface area contributed by atoms with Crippen molar-refractivity contribution in [3.63, 3.8) is 0 Å². The Hall–Kier alpha value is -3.93. The number of primary amides is 1. The van der Waals surface area contributed by atoms with Crippen LogP contribution in [0.25, 0.3) is 16.9 Å². The molecule has 0 fully saturated rings. The van der Waals surface area contributed by atoms with E-state index in [-0.39, 0.29) is 5.91 Å². The maximum Gasteiger partial charge on any atom is 0.255 e. The van der Waals surface area contributed by atoms with Crippen LogP contribution in [-0.2, 0) is 0 Å². The Morgan fingerprint density at radius 2 is 1.67 bits per heavy atom. The van der Waals surface area contributed by atoms with E-state index in [9.17, 15) is 9.59 Å². The number of fused-ring (bicyclic) bond motifs is 1. The van der Waals surface area contributed by atoms with Crippen molar-refractivity contribution in [2.45, 2.75) is 0 Å². The highest BCUT2D eigenvalue weighted by atomic mass is 16.2. The summed E-state index contributed by atoms with van der Waals surface area (Å²) in [5, 5.41) is 2.80. The van der Waals surface area contributed by atoms with Gasteiger partial charge < -0.3 is 15.5 Å². The van der Waals surface area contributed by atoms with Gasteiger partial charge in [-0.1, -0.05) is 30.3 Å². The number of carbonyl (C=O) groups excluding carboxylic acids is 2. The monoisotopic (exact) mass is 356 g/mol. The van der Waals surface area contributed by atoms with Gasteiger partial charge in [0.1, 0.15) is 5.65 Å². The Labute approximate surface area is 155 Å². The van der Waals surface area contributed by atoms with Crippen LogP contribution in [-0.4, -0.2) is 21.2 Å². The summed E-state index contributed by atoms with van der Waals surface area (Å²) in [4.78, 5) is 28.2. The molecule has 3 N–H and O–H groups in total. The number of aromatic nitrogens is 2. The minimum Gasteiger partial charge on any atom is -0.366 e. The van der Waals surface area contributed by atoms with Crippen LogP contribution in [0.15, 0.2) is 79.1 Å². The number of amides is 2. The van der Waals surface area contributed by atoms with E-state index in [0.717, 1.165) is 11.3 Å². The molecule has 6 nitrogen and oxygen atoms in total. The van der Waals surface area contributed by atoms with Crippen LogP contribution in [0.2, 0.25) is 0 Å². The average molecular weight is 356 g/mol. The third kappa shape index (κ3) is 3.41. The van der Waals surface area contributed by atoms with Crippen molar-refractivity contribution >= 4 is 23.1 Å². The number of nitrogens with one attached hydrogen (secondary N) is 1. The molecule has 0 aliphatic rings. The van der Waals surface area contributed by atoms with Crippen molar-refractivity contribution in [2.75, 3.05) is 5.32 Å². The van der Waals surface area contributed by atoms with Gasteiger partial charge in [0.25, 0.3) is 5.91 Å². The molecule has 0 spiro atoms. The molecule has 2 heterocycles. The number of benzene rings is 2. The van der Waals surface area contributed by atoms with Crippen LogP contribution in [0.4, 0.5) is 5.69 Å². The summed E-state index contributed by atoms with van der Waals surface area (Å²) in [6, 6.07) is 19.7. The second-order valence-corrected chi connectivity index (χ2v) is 6.07. The van der Waals surface area contributed by atoms with Gasteiger partial charge in [0, 0.05) is 34.8 Å². The summed E-state index contributed by atoms with van der Waals surface area (Å²) in [5.41, 5.74) is 9.22. The molecule has 2 amide bonds. The SMILES string of the molecule is NC(=O)c1ccc(NC(=O)c2ccn3cc(-c4ccccc4)nc3c2)cc1. The molecule has 0 saturated carbocycles. The molecule has 0 atom stereocenters. The zero-order valence-corrected chi connectivity index (χ0v) is 14.3. The first kappa shape index (κ1) is 16.5. The van der Waals surface area contributed by atoms with Crippen LogP contribution < -0.4 is 11.1 Å². The van der Waals surface area contributed by atoms with Crippen LogP contribution in [0, 0.1) is 0 Å². The first-order chi connectivity index (χ1) is 13.1. The minimum absolute atomic E-state index is 0.256. The van der Waals surface area contributed by atoms with Gasteiger partial charge in [-0.15, -0.1) is 0 Å². The summed E-state index contributed by atoms with van der Waals surface area (Å²) in [7, 11) is 0. The third-order valence-corrected chi connectivity index (χ3v) is 4.22. The second-order valence-electron chi connectivity index (χ2n) is 6.07. The number of hydrogen-bond acceptors (Lipinski definition) is 3. The minimum atomic E-state index is -0.508. The summed E-state index contributed by atoms with van der Waals surface area (Å²) in [6.07, 6.45) is 3.73. The molecule has 0 bridgehead atoms. The Balaban J connectivity index is 1.58. The van der Waals surface area contributed by atoms with Crippen LogP contribution in [0.1, 0.15) is 20.7 Å². The molecule has 132 valence electrons. The van der Waals surface area contributed by atoms with E-state index in [1.165, 1.54) is 0 Å². The van der Waals surface area contributed by atoms with Gasteiger partial charge in [0.15, 0.2) is 0 Å². The van der Waals surface area contributed by atoms with E-state index in [0.29, 0.717) is 22.5 Å². The highest BCUT2D eigenvalue weighted by Gasteiger charge is 2.10. The lowest BCUT2D eigenvalue weighted by Crippen LogP contribution is -2.13. The predicted molar refractivity (Wildman–Crippen MR) is 104 cm³/mol. The number of anilines is 1. The number of nitrogens with two attached hydrogens (primary N) is 1. The Morgan fingerprint density at radius 3 is 2.37 bits per heavy atom. The van der Waals surface area contributed by atoms with Crippen molar-refractivity contribution < 1.29 is 9.59 Å². The van der Waals surface area contributed by atoms with Crippen LogP contribution in [0.5, 0.6) is 0 Å². The molecule has 2 aromatic carbocycles. The molecule has 0 unspecified atom stereocenters. The second kappa shape index (κ2) is 6.76. The highest BCUT2D eigenvalue weighted by Crippen LogP contribution is 2.19. The van der Waals surface area contributed by atoms with Gasteiger partial charge in [-0.25, -0.2) is 4.98 Å². The van der Waals surface area contributed by atoms with Gasteiger partial charge in [0.05, 0.1) is 5.69 Å². The molecule has 0 radical (unpaired) electrons. The molecule has 4 aromatic rings. The summed E-state index contributed by atoms with van der Waals surface area (Å²) in [5.74, 6) is -0.763. The first-order valence-electron chi connectivity index (χ1n) is 8.35. The summed E-state index contributed by atoms with van der Waals surface area (Å²) >= 11 is 0. The van der Waals surface area contributed by atoms with E-state index >= 15 is 0 Å². The van der Waals surface area contributed by atoms with Crippen molar-refractivity contribution in [2.24, 2.45) is 5.73 Å². The lowest BCUT2D eigenvalue weighted by atomic mass is 10.2. The maximum atomic E-state index is 12.5. The predicted octanol–water partition coefficient (Wildman–Crippen LogP) is 3.35. The van der Waals surface area contributed by atoms with Crippen molar-refractivity contribution in [3.05, 3.63) is 90.3 Å². The van der Waals surface area contributed by atoms with Gasteiger partial charge in [-0.2, -0.15) is 0 Å². The van der Waals surface area contributed by atoms with E-state index in [1.807, 2.05) is 40.9 Å². The fourth-order valence-electron chi connectivity index (χ4n) is 2.79. The van der Waals surface area contributed by atoms with Crippen LogP contribution >= 0.6 is 0 Å². The van der Waals surface area contributed by atoms with Crippen molar-refractivity contribution in [1.82, 2.24) is 9.38 Å². The number of rotatable bonds is 4. The summed E-state index contributed by atoms with van der Waals surface area (Å²) in [6.45, 7) is 0. The zero-order chi connectivity index (χ0) is 18.8. The molecule has 2 aromatic heterocycles. The summed E-state index contributed by atoms with van der Waals surface area (Å²) < 4.78 is 1.88. The average Bonchev–Trinajstić information content (AvgIpc) is 3.12. The number of carbonyl (C=O) groups is 2. The molecule has 27 heavy (non-hydrogen) atoms. The fraction of sp³-hybridized carbons (Fsp3) is 0. The van der Waals surface area contributed by atoms with Gasteiger partial charge in [-0.3, -0.25) is 9.59 Å². The van der Waals surface area contributed by atoms with Gasteiger partial charge >= 0.3 is 0 Å². The lowest BCUT2D eigenvalue weighted by Gasteiger charge is -2.06. The van der Waals surface area contributed by atoms with Gasteiger partial charge in [-0.05, 0) is 36.4 Å². The zero-order valence-electron chi connectivity index (χ0n) is 14.3. The third-order valence-electron chi connectivity index (χ3n) is 4.22. The van der Waals surface area contributed by atoms with E-state index in [4.69, 9.17) is 5.73 Å². The topological polar surface area (TPSA) is 89.5 Å². The van der Waals surface area contributed by atoms with E-state index < -0.39 is 5.91 Å². The fourth-order valence-corrected chi connectivity index (χ4v) is 2.79. The highest BCUT2D eigenvalue weighted by molar-refractivity contribution is 6.05. The maximum absolute atomic E-state index is 12.5. The molecule has 0 saturated heterocycles. The van der Waals surface area contributed by atoms with Crippen LogP contribution in [0.3, 0.4) is 0 Å². The normalized spacial score (nSPS) is 10.7. The number of pyridine rings is 1. The number of hydrogen-bond donors (Lipinski definition) is 2.